The Labute approximate surface area is 161 Å². The number of halogens is 3. The second-order valence-corrected chi connectivity index (χ2v) is 5.70. The molecule has 10 heteroatoms. The fourth-order valence-electron chi connectivity index (χ4n) is 2.57. The molecule has 0 saturated heterocycles. The molecule has 0 aliphatic heterocycles. The number of pyridine rings is 1. The number of rotatable bonds is 2. The van der Waals surface area contributed by atoms with E-state index in [4.69, 9.17) is 9.90 Å². The van der Waals surface area contributed by atoms with E-state index in [1.54, 1.807) is 23.1 Å². The zero-order valence-electron chi connectivity index (χ0n) is 14.6. The molecule has 29 heavy (non-hydrogen) atoms. The molecule has 0 aliphatic rings. The third kappa shape index (κ3) is 4.24. The number of para-hydroxylation sites is 1. The number of hydrogen-bond acceptors (Lipinski definition) is 4. The van der Waals surface area contributed by atoms with Crippen LogP contribution in [-0.2, 0) is 4.79 Å². The van der Waals surface area contributed by atoms with Gasteiger partial charge in [-0.15, -0.1) is 0 Å². The SMILES string of the molecule is N#Cc1ccccc1-n1cc(-c2ccnc3[nH]ccc23)cn1.O=C(O)C(F)(F)F. The van der Waals surface area contributed by atoms with Crippen LogP contribution < -0.4 is 0 Å². The molecule has 1 aromatic carbocycles. The lowest BCUT2D eigenvalue weighted by atomic mass is 10.1. The number of nitrogens with zero attached hydrogens (tertiary/aromatic N) is 4. The second-order valence-electron chi connectivity index (χ2n) is 5.70. The molecule has 0 bridgehead atoms. The highest BCUT2D eigenvalue weighted by Gasteiger charge is 2.38. The predicted molar refractivity (Wildman–Crippen MR) is 97.1 cm³/mol. The van der Waals surface area contributed by atoms with Gasteiger partial charge in [-0.25, -0.2) is 14.5 Å². The van der Waals surface area contributed by atoms with Crippen LogP contribution in [0.25, 0.3) is 27.8 Å². The summed E-state index contributed by atoms with van der Waals surface area (Å²) in [6, 6.07) is 13.6. The zero-order valence-corrected chi connectivity index (χ0v) is 14.6. The average molecular weight is 399 g/mol. The summed E-state index contributed by atoms with van der Waals surface area (Å²) in [5.74, 6) is -2.76. The summed E-state index contributed by atoms with van der Waals surface area (Å²) >= 11 is 0. The van der Waals surface area contributed by atoms with E-state index in [2.05, 4.69) is 21.1 Å². The number of fused-ring (bicyclic) bond motifs is 1. The third-order valence-corrected chi connectivity index (χ3v) is 3.87. The smallest absolute Gasteiger partial charge is 0.475 e. The van der Waals surface area contributed by atoms with Gasteiger partial charge in [0.25, 0.3) is 0 Å². The molecule has 3 aromatic heterocycles. The molecule has 0 spiro atoms. The van der Waals surface area contributed by atoms with Crippen LogP contribution >= 0.6 is 0 Å². The van der Waals surface area contributed by atoms with E-state index in [0.29, 0.717) is 5.56 Å². The van der Waals surface area contributed by atoms with Gasteiger partial charge in [-0.1, -0.05) is 12.1 Å². The van der Waals surface area contributed by atoms with Crippen molar-refractivity contribution < 1.29 is 23.1 Å². The lowest BCUT2D eigenvalue weighted by Gasteiger charge is -2.03. The summed E-state index contributed by atoms with van der Waals surface area (Å²) in [7, 11) is 0. The quantitative estimate of drug-likeness (QED) is 0.531. The van der Waals surface area contributed by atoms with Crippen molar-refractivity contribution >= 4 is 17.0 Å². The number of alkyl halides is 3. The Morgan fingerprint density at radius 2 is 1.93 bits per heavy atom. The first kappa shape index (κ1) is 19.6. The van der Waals surface area contributed by atoms with Gasteiger partial charge in [0.05, 0.1) is 17.4 Å². The highest BCUT2D eigenvalue weighted by Crippen LogP contribution is 2.27. The number of aliphatic carboxylic acids is 1. The standard InChI is InChI=1S/C17H11N5.C2HF3O2/c18-9-12-3-1-2-4-16(12)22-11-13(10-21-22)14-5-7-19-17-15(14)6-8-20-17;3-2(4,5)1(6)7/h1-8,10-11H,(H,19,20);(H,6,7). The Kier molecular flexibility index (Phi) is 5.32. The van der Waals surface area contributed by atoms with E-state index in [-0.39, 0.29) is 0 Å². The number of carbonyl (C=O) groups is 1. The van der Waals surface area contributed by atoms with Gasteiger partial charge in [-0.3, -0.25) is 0 Å². The number of carboxylic acid groups (broad SMARTS) is 1. The second kappa shape index (κ2) is 7.85. The molecular formula is C19H12F3N5O2. The number of aromatic nitrogens is 4. The van der Waals surface area contributed by atoms with Crippen molar-refractivity contribution in [1.82, 2.24) is 19.7 Å². The molecule has 0 atom stereocenters. The summed E-state index contributed by atoms with van der Waals surface area (Å²) in [5.41, 5.74) is 4.27. The number of benzene rings is 1. The fourth-order valence-corrected chi connectivity index (χ4v) is 2.57. The predicted octanol–water partition coefficient (Wildman–Crippen LogP) is 3.92. The van der Waals surface area contributed by atoms with Gasteiger partial charge in [0, 0.05) is 29.5 Å². The monoisotopic (exact) mass is 399 g/mol. The summed E-state index contributed by atoms with van der Waals surface area (Å²) < 4.78 is 33.5. The summed E-state index contributed by atoms with van der Waals surface area (Å²) in [4.78, 5) is 16.3. The van der Waals surface area contributed by atoms with Crippen molar-refractivity contribution in [3.8, 4) is 22.9 Å². The Morgan fingerprint density at radius 3 is 2.62 bits per heavy atom. The van der Waals surface area contributed by atoms with Gasteiger partial charge in [-0.05, 0) is 29.8 Å². The van der Waals surface area contributed by atoms with Crippen LogP contribution in [0.5, 0.6) is 0 Å². The van der Waals surface area contributed by atoms with Crippen molar-refractivity contribution in [3.05, 3.63) is 66.7 Å². The highest BCUT2D eigenvalue weighted by atomic mass is 19.4. The molecule has 0 radical (unpaired) electrons. The van der Waals surface area contributed by atoms with Crippen LogP contribution in [0.15, 0.2) is 61.2 Å². The normalized spacial score (nSPS) is 10.8. The molecule has 4 rings (SSSR count). The van der Waals surface area contributed by atoms with Crippen LogP contribution in [0, 0.1) is 11.3 Å². The van der Waals surface area contributed by atoms with E-state index in [1.165, 1.54) is 0 Å². The molecule has 2 N–H and O–H groups in total. The van der Waals surface area contributed by atoms with Gasteiger partial charge < -0.3 is 10.1 Å². The van der Waals surface area contributed by atoms with Gasteiger partial charge in [0.2, 0.25) is 0 Å². The minimum atomic E-state index is -5.08. The van der Waals surface area contributed by atoms with E-state index < -0.39 is 12.1 Å². The van der Waals surface area contributed by atoms with Crippen molar-refractivity contribution in [2.75, 3.05) is 0 Å². The van der Waals surface area contributed by atoms with Crippen molar-refractivity contribution in [3.63, 3.8) is 0 Å². The van der Waals surface area contributed by atoms with Gasteiger partial charge in [0.15, 0.2) is 0 Å². The molecule has 0 aliphatic carbocycles. The Morgan fingerprint density at radius 1 is 1.21 bits per heavy atom. The maximum absolute atomic E-state index is 10.6. The molecule has 0 amide bonds. The largest absolute Gasteiger partial charge is 0.490 e. The lowest BCUT2D eigenvalue weighted by Crippen LogP contribution is -2.21. The molecule has 4 aromatic rings. The van der Waals surface area contributed by atoms with E-state index >= 15 is 0 Å². The first-order valence-corrected chi connectivity index (χ1v) is 8.08. The van der Waals surface area contributed by atoms with Crippen LogP contribution in [-0.4, -0.2) is 37.0 Å². The zero-order chi connectivity index (χ0) is 21.0. The number of nitriles is 1. The Hall–Kier alpha value is -4.13. The molecule has 0 saturated carbocycles. The number of hydrogen-bond donors (Lipinski definition) is 2. The number of H-pyrrole nitrogens is 1. The van der Waals surface area contributed by atoms with Crippen molar-refractivity contribution in [2.24, 2.45) is 0 Å². The third-order valence-electron chi connectivity index (χ3n) is 3.87. The maximum atomic E-state index is 10.6. The van der Waals surface area contributed by atoms with E-state index in [9.17, 15) is 18.4 Å². The van der Waals surface area contributed by atoms with Crippen LogP contribution in [0.2, 0.25) is 0 Å². The van der Waals surface area contributed by atoms with E-state index in [0.717, 1.165) is 27.8 Å². The van der Waals surface area contributed by atoms with Gasteiger partial charge in [-0.2, -0.15) is 23.5 Å². The Balaban J connectivity index is 0.000000298. The number of aromatic amines is 1. The van der Waals surface area contributed by atoms with Gasteiger partial charge in [0.1, 0.15) is 11.7 Å². The van der Waals surface area contributed by atoms with E-state index in [1.807, 2.05) is 42.7 Å². The molecule has 146 valence electrons. The summed E-state index contributed by atoms with van der Waals surface area (Å²) in [6.45, 7) is 0. The number of nitrogens with one attached hydrogen (secondary N) is 1. The first-order valence-electron chi connectivity index (χ1n) is 8.08. The fraction of sp³-hybridized carbons (Fsp3) is 0.0526. The van der Waals surface area contributed by atoms with Crippen molar-refractivity contribution in [1.29, 1.82) is 5.26 Å². The van der Waals surface area contributed by atoms with Gasteiger partial charge >= 0.3 is 12.1 Å². The van der Waals surface area contributed by atoms with Crippen LogP contribution in [0.3, 0.4) is 0 Å². The first-order chi connectivity index (χ1) is 13.8. The summed E-state index contributed by atoms with van der Waals surface area (Å²) in [5, 5.41) is 21.8. The lowest BCUT2D eigenvalue weighted by molar-refractivity contribution is -0.192. The topological polar surface area (TPSA) is 108 Å². The molecule has 0 fully saturated rings. The molecular weight excluding hydrogens is 387 g/mol. The van der Waals surface area contributed by atoms with Crippen LogP contribution in [0.4, 0.5) is 13.2 Å². The molecule has 0 unspecified atom stereocenters. The Bertz CT molecular complexity index is 1200. The molecule has 3 heterocycles. The average Bonchev–Trinajstić information content (AvgIpc) is 3.37. The molecule has 7 nitrogen and oxygen atoms in total. The minimum Gasteiger partial charge on any atom is -0.475 e. The van der Waals surface area contributed by atoms with Crippen LogP contribution in [0.1, 0.15) is 5.56 Å². The highest BCUT2D eigenvalue weighted by molar-refractivity contribution is 5.92. The van der Waals surface area contributed by atoms with Crippen molar-refractivity contribution in [2.45, 2.75) is 6.18 Å². The summed E-state index contributed by atoms with van der Waals surface area (Å²) in [6.07, 6.45) is 2.29. The number of carboxylic acids is 1. The minimum absolute atomic E-state index is 0.596. The maximum Gasteiger partial charge on any atom is 0.490 e.